The van der Waals surface area contributed by atoms with Gasteiger partial charge in [0.05, 0.1) is 11.5 Å². The van der Waals surface area contributed by atoms with Crippen LogP contribution in [0.1, 0.15) is 17.7 Å². The van der Waals surface area contributed by atoms with Crippen molar-refractivity contribution >= 4 is 28.9 Å². The predicted molar refractivity (Wildman–Crippen MR) is 69.4 cm³/mol. The molecule has 0 fully saturated rings. The maximum absolute atomic E-state index is 12.7. The average Bonchev–Trinajstić information content (AvgIpc) is 2.67. The fraction of sp³-hybridized carbons (Fsp3) is 0.182. The highest BCUT2D eigenvalue weighted by atomic mass is 35.5. The largest absolute Gasteiger partial charge is 0.335 e. The zero-order valence-electron chi connectivity index (χ0n) is 9.76. The van der Waals surface area contributed by atoms with Crippen LogP contribution >= 0.6 is 23.2 Å². The van der Waals surface area contributed by atoms with Gasteiger partial charge in [-0.3, -0.25) is 10.1 Å². The van der Waals surface area contributed by atoms with Crippen LogP contribution in [0, 0.1) is 10.1 Å². The molecular weight excluding hydrogens is 315 g/mol. The van der Waals surface area contributed by atoms with Crippen LogP contribution in [0.2, 0.25) is 10.2 Å². The van der Waals surface area contributed by atoms with Gasteiger partial charge in [0.25, 0.3) is 6.43 Å². The zero-order valence-corrected chi connectivity index (χ0v) is 11.3. The van der Waals surface area contributed by atoms with Crippen molar-refractivity contribution in [1.82, 2.24) is 9.78 Å². The molecule has 1 aromatic carbocycles. The first-order valence-electron chi connectivity index (χ1n) is 5.33. The standard InChI is InChI=1S/C11H7Cl2F2N3O2/c12-7-3-1-2-6(4-7)5-17-10(13)9(18(19)20)8(16-17)11(14)15/h1-4,11H,5H2. The molecule has 0 aliphatic rings. The topological polar surface area (TPSA) is 61.0 Å². The van der Waals surface area contributed by atoms with E-state index in [2.05, 4.69) is 5.10 Å². The van der Waals surface area contributed by atoms with Crippen molar-refractivity contribution in [3.8, 4) is 0 Å². The maximum atomic E-state index is 12.7. The number of hydrogen-bond acceptors (Lipinski definition) is 3. The zero-order chi connectivity index (χ0) is 14.9. The van der Waals surface area contributed by atoms with E-state index in [0.29, 0.717) is 10.6 Å². The molecule has 0 aliphatic heterocycles. The van der Waals surface area contributed by atoms with Gasteiger partial charge in [0.2, 0.25) is 10.8 Å². The van der Waals surface area contributed by atoms with Gasteiger partial charge in [-0.2, -0.15) is 5.10 Å². The van der Waals surface area contributed by atoms with Crippen molar-refractivity contribution in [2.24, 2.45) is 0 Å². The molecule has 0 spiro atoms. The lowest BCUT2D eigenvalue weighted by Gasteiger charge is -2.03. The Labute approximate surface area is 121 Å². The lowest BCUT2D eigenvalue weighted by atomic mass is 10.2. The molecule has 5 nitrogen and oxygen atoms in total. The summed E-state index contributed by atoms with van der Waals surface area (Å²) in [6.45, 7) is 0.00690. The van der Waals surface area contributed by atoms with Crippen LogP contribution in [0.25, 0.3) is 0 Å². The molecule has 0 atom stereocenters. The van der Waals surface area contributed by atoms with Gasteiger partial charge in [0, 0.05) is 5.02 Å². The molecule has 0 aliphatic carbocycles. The Morgan fingerprint density at radius 3 is 2.60 bits per heavy atom. The average molecular weight is 322 g/mol. The third-order valence-electron chi connectivity index (χ3n) is 2.50. The predicted octanol–water partition coefficient (Wildman–Crippen LogP) is 4.08. The molecule has 20 heavy (non-hydrogen) atoms. The van der Waals surface area contributed by atoms with E-state index in [1.54, 1.807) is 24.3 Å². The van der Waals surface area contributed by atoms with Gasteiger partial charge in [0.15, 0.2) is 0 Å². The molecule has 2 aromatic rings. The molecule has 9 heteroatoms. The van der Waals surface area contributed by atoms with E-state index in [0.717, 1.165) is 4.68 Å². The van der Waals surface area contributed by atoms with Gasteiger partial charge >= 0.3 is 5.69 Å². The van der Waals surface area contributed by atoms with Crippen LogP contribution in [0.5, 0.6) is 0 Å². The summed E-state index contributed by atoms with van der Waals surface area (Å²) in [7, 11) is 0. The normalized spacial score (nSPS) is 11.1. The molecule has 0 unspecified atom stereocenters. The fourth-order valence-electron chi connectivity index (χ4n) is 1.68. The number of alkyl halides is 2. The van der Waals surface area contributed by atoms with E-state index < -0.39 is 27.9 Å². The summed E-state index contributed by atoms with van der Waals surface area (Å²) in [5.41, 5.74) is -1.18. The lowest BCUT2D eigenvalue weighted by Crippen LogP contribution is -2.02. The molecule has 1 aromatic heterocycles. The number of benzene rings is 1. The van der Waals surface area contributed by atoms with Gasteiger partial charge in [0.1, 0.15) is 0 Å². The number of rotatable bonds is 4. The third kappa shape index (κ3) is 2.88. The van der Waals surface area contributed by atoms with Gasteiger partial charge < -0.3 is 0 Å². The Bertz CT molecular complexity index is 661. The van der Waals surface area contributed by atoms with Crippen LogP contribution in [0.4, 0.5) is 14.5 Å². The van der Waals surface area contributed by atoms with Crippen molar-refractivity contribution < 1.29 is 13.7 Å². The molecule has 0 saturated heterocycles. The summed E-state index contributed by atoms with van der Waals surface area (Å²) in [4.78, 5) is 9.81. The summed E-state index contributed by atoms with van der Waals surface area (Å²) >= 11 is 11.5. The Hall–Kier alpha value is -1.73. The summed E-state index contributed by atoms with van der Waals surface area (Å²) in [5, 5.41) is 14.3. The van der Waals surface area contributed by atoms with E-state index in [4.69, 9.17) is 23.2 Å². The Balaban J connectivity index is 2.43. The van der Waals surface area contributed by atoms with E-state index >= 15 is 0 Å². The molecule has 2 rings (SSSR count). The first-order chi connectivity index (χ1) is 9.40. The maximum Gasteiger partial charge on any atom is 0.335 e. The summed E-state index contributed by atoms with van der Waals surface area (Å²) in [6.07, 6.45) is -3.08. The Morgan fingerprint density at radius 2 is 2.10 bits per heavy atom. The summed E-state index contributed by atoms with van der Waals surface area (Å²) in [6, 6.07) is 6.57. The first kappa shape index (κ1) is 14.7. The summed E-state index contributed by atoms with van der Waals surface area (Å²) < 4.78 is 26.4. The van der Waals surface area contributed by atoms with Crippen molar-refractivity contribution in [1.29, 1.82) is 0 Å². The van der Waals surface area contributed by atoms with Crippen LogP contribution in [-0.4, -0.2) is 14.7 Å². The van der Waals surface area contributed by atoms with Crippen molar-refractivity contribution in [3.05, 3.63) is 55.8 Å². The van der Waals surface area contributed by atoms with Crippen LogP contribution in [0.15, 0.2) is 24.3 Å². The highest BCUT2D eigenvalue weighted by Gasteiger charge is 2.32. The fourth-order valence-corrected chi connectivity index (χ4v) is 2.15. The molecule has 0 bridgehead atoms. The highest BCUT2D eigenvalue weighted by molar-refractivity contribution is 6.31. The van der Waals surface area contributed by atoms with E-state index in [1.165, 1.54) is 0 Å². The third-order valence-corrected chi connectivity index (χ3v) is 3.11. The van der Waals surface area contributed by atoms with Crippen LogP contribution < -0.4 is 0 Å². The number of nitro groups is 1. The van der Waals surface area contributed by atoms with E-state index in [1.807, 2.05) is 0 Å². The van der Waals surface area contributed by atoms with E-state index in [-0.39, 0.29) is 6.54 Å². The molecule has 1 heterocycles. The van der Waals surface area contributed by atoms with Gasteiger partial charge in [-0.05, 0) is 17.7 Å². The smallest absolute Gasteiger partial charge is 0.258 e. The minimum Gasteiger partial charge on any atom is -0.258 e. The molecular formula is C11H7Cl2F2N3O2. The SMILES string of the molecule is O=[N+]([O-])c1c(C(F)F)nn(Cc2cccc(Cl)c2)c1Cl. The first-order valence-corrected chi connectivity index (χ1v) is 6.09. The van der Waals surface area contributed by atoms with E-state index in [9.17, 15) is 18.9 Å². The monoisotopic (exact) mass is 321 g/mol. The van der Waals surface area contributed by atoms with Crippen molar-refractivity contribution in [2.45, 2.75) is 13.0 Å². The Morgan fingerprint density at radius 1 is 1.40 bits per heavy atom. The van der Waals surface area contributed by atoms with Crippen LogP contribution in [-0.2, 0) is 6.54 Å². The Kier molecular flexibility index (Phi) is 4.20. The number of aromatic nitrogens is 2. The highest BCUT2D eigenvalue weighted by Crippen LogP contribution is 2.34. The summed E-state index contributed by atoms with van der Waals surface area (Å²) in [5.74, 6) is 0. The molecule has 0 amide bonds. The number of halogens is 4. The molecule has 106 valence electrons. The second-order valence-corrected chi connectivity index (χ2v) is 4.66. The van der Waals surface area contributed by atoms with Gasteiger partial charge in [-0.15, -0.1) is 0 Å². The van der Waals surface area contributed by atoms with Crippen molar-refractivity contribution in [2.75, 3.05) is 0 Å². The molecule has 0 radical (unpaired) electrons. The molecule has 0 saturated carbocycles. The van der Waals surface area contributed by atoms with Crippen molar-refractivity contribution in [3.63, 3.8) is 0 Å². The lowest BCUT2D eigenvalue weighted by molar-refractivity contribution is -0.386. The number of hydrogen-bond donors (Lipinski definition) is 0. The number of nitrogens with zero attached hydrogens (tertiary/aromatic N) is 3. The quantitative estimate of drug-likeness (QED) is 0.629. The second-order valence-electron chi connectivity index (χ2n) is 3.87. The minimum atomic E-state index is -3.08. The van der Waals surface area contributed by atoms with Gasteiger partial charge in [-0.25, -0.2) is 13.5 Å². The molecule has 0 N–H and O–H groups in total. The van der Waals surface area contributed by atoms with Crippen LogP contribution in [0.3, 0.4) is 0 Å². The minimum absolute atomic E-state index is 0.00690. The second kappa shape index (κ2) is 5.72. The van der Waals surface area contributed by atoms with Gasteiger partial charge in [-0.1, -0.05) is 35.3 Å².